The van der Waals surface area contributed by atoms with Crippen LogP contribution in [0.1, 0.15) is 64.9 Å². The molecule has 3 aromatic rings. The van der Waals surface area contributed by atoms with Crippen molar-refractivity contribution in [3.8, 4) is 22.4 Å². The average Bonchev–Trinajstić information content (AvgIpc) is 3.32. The summed E-state index contributed by atoms with van der Waals surface area (Å²) in [6.45, 7) is -0.103. The first-order chi connectivity index (χ1) is 14.7. The third-order valence-corrected chi connectivity index (χ3v) is 6.31. The molecule has 0 radical (unpaired) electrons. The van der Waals surface area contributed by atoms with E-state index in [0.717, 1.165) is 37.8 Å². The number of aryl methyl sites for hydroxylation is 3. The SMILES string of the molecule is [2H]C([2H])([2H])c1c[n+](C)c(-c2c(C)ccc3c2Cc2ccccc2-3)cc1C1([2H])CCCC1. The van der Waals surface area contributed by atoms with Crippen LogP contribution in [0.2, 0.25) is 0 Å². The van der Waals surface area contributed by atoms with E-state index in [4.69, 9.17) is 5.48 Å². The largest absolute Gasteiger partial charge is 0.213 e. The Bertz CT molecular complexity index is 1190. The smallest absolute Gasteiger partial charge is 0.201 e. The van der Waals surface area contributed by atoms with Crippen molar-refractivity contribution >= 4 is 0 Å². The fourth-order valence-corrected chi connectivity index (χ4v) is 4.95. The van der Waals surface area contributed by atoms with Gasteiger partial charge in [-0.05, 0) is 72.3 Å². The maximum atomic E-state index is 9.12. The van der Waals surface area contributed by atoms with Gasteiger partial charge >= 0.3 is 0 Å². The Morgan fingerprint density at radius 1 is 1.04 bits per heavy atom. The van der Waals surface area contributed by atoms with Crippen LogP contribution in [0.3, 0.4) is 0 Å². The van der Waals surface area contributed by atoms with Crippen LogP contribution in [0.25, 0.3) is 22.4 Å². The summed E-state index contributed by atoms with van der Waals surface area (Å²) in [6.07, 6.45) is 6.05. The Hall–Kier alpha value is -2.41. The van der Waals surface area contributed by atoms with Gasteiger partial charge in [-0.3, -0.25) is 0 Å². The number of fused-ring (bicyclic) bond motifs is 3. The molecule has 0 bridgehead atoms. The van der Waals surface area contributed by atoms with Gasteiger partial charge in [0, 0.05) is 17.1 Å². The summed E-state index contributed by atoms with van der Waals surface area (Å²) >= 11 is 0. The lowest BCUT2D eigenvalue weighted by molar-refractivity contribution is -0.660. The van der Waals surface area contributed by atoms with Crippen LogP contribution in [0, 0.1) is 13.8 Å². The molecule has 1 saturated carbocycles. The van der Waals surface area contributed by atoms with E-state index >= 15 is 0 Å². The summed E-state index contributed by atoms with van der Waals surface area (Å²) in [5.41, 5.74) is 9.55. The maximum absolute atomic E-state index is 9.12. The van der Waals surface area contributed by atoms with Crippen molar-refractivity contribution in [1.29, 1.82) is 0 Å². The molecule has 1 fully saturated rings. The first-order valence-electron chi connectivity index (χ1n) is 11.9. The third-order valence-electron chi connectivity index (χ3n) is 6.31. The molecule has 0 spiro atoms. The summed E-state index contributed by atoms with van der Waals surface area (Å²) in [5, 5.41) is 0. The molecular weight excluding hydrogens is 326 g/mol. The van der Waals surface area contributed by atoms with Crippen LogP contribution >= 0.6 is 0 Å². The number of nitrogens with zero attached hydrogens (tertiary/aromatic N) is 1. The monoisotopic (exact) mass is 358 g/mol. The summed E-state index contributed by atoms with van der Waals surface area (Å²) in [7, 11) is 1.93. The number of pyridine rings is 1. The molecule has 136 valence electrons. The minimum atomic E-state index is -2.23. The number of rotatable bonds is 2. The van der Waals surface area contributed by atoms with E-state index in [1.807, 2.05) is 17.7 Å². The molecule has 0 amide bonds. The van der Waals surface area contributed by atoms with E-state index in [9.17, 15) is 0 Å². The minimum absolute atomic E-state index is 0.323. The molecule has 0 unspecified atom stereocenters. The predicted octanol–water partition coefficient (Wildman–Crippen LogP) is 6.02. The fourth-order valence-electron chi connectivity index (χ4n) is 4.95. The number of benzene rings is 2. The number of hydrogen-bond donors (Lipinski definition) is 0. The quantitative estimate of drug-likeness (QED) is 0.386. The van der Waals surface area contributed by atoms with Gasteiger partial charge < -0.3 is 0 Å². The molecule has 2 aliphatic carbocycles. The fraction of sp³-hybridized carbons (Fsp3) is 0.346. The first kappa shape index (κ1) is 12.9. The van der Waals surface area contributed by atoms with Gasteiger partial charge in [0.25, 0.3) is 0 Å². The van der Waals surface area contributed by atoms with Gasteiger partial charge in [-0.15, -0.1) is 0 Å². The summed E-state index contributed by atoms with van der Waals surface area (Å²) in [5.74, 6) is -0.818. The van der Waals surface area contributed by atoms with Crippen molar-refractivity contribution in [2.75, 3.05) is 0 Å². The van der Waals surface area contributed by atoms with Crippen LogP contribution < -0.4 is 4.57 Å². The highest BCUT2D eigenvalue weighted by molar-refractivity contribution is 5.85. The van der Waals surface area contributed by atoms with Crippen molar-refractivity contribution < 1.29 is 10.1 Å². The molecule has 1 aromatic heterocycles. The number of aromatic nitrogens is 1. The highest BCUT2D eigenvalue weighted by Gasteiger charge is 2.28. The molecule has 0 saturated heterocycles. The molecule has 0 aliphatic heterocycles. The van der Waals surface area contributed by atoms with Crippen molar-refractivity contribution in [3.05, 3.63) is 76.5 Å². The second-order valence-electron chi connectivity index (χ2n) is 8.03. The molecule has 0 N–H and O–H groups in total. The standard InChI is InChI=1S/C26H28N/c1-17-12-13-22-21-11-7-6-10-20(21)14-24(22)26(17)25-15-23(18(2)16-27(25)3)19-8-4-5-9-19/h6-7,10-13,15-16,19H,4-5,8-9,14H2,1-3H3/q+1/i2D3,19D. The van der Waals surface area contributed by atoms with Gasteiger partial charge in [-0.1, -0.05) is 49.2 Å². The predicted molar refractivity (Wildman–Crippen MR) is 112 cm³/mol. The van der Waals surface area contributed by atoms with Crippen molar-refractivity contribution in [1.82, 2.24) is 0 Å². The van der Waals surface area contributed by atoms with Crippen LogP contribution in [0.4, 0.5) is 0 Å². The first-order valence-corrected chi connectivity index (χ1v) is 9.95. The van der Waals surface area contributed by atoms with E-state index in [1.165, 1.54) is 33.4 Å². The second kappa shape index (κ2) is 6.34. The Kier molecular flexibility index (Phi) is 3.02. The number of hydrogen-bond acceptors (Lipinski definition) is 0. The molecule has 2 aliphatic rings. The Morgan fingerprint density at radius 2 is 1.85 bits per heavy atom. The Morgan fingerprint density at radius 3 is 2.67 bits per heavy atom. The molecule has 0 atom stereocenters. The minimum Gasteiger partial charge on any atom is -0.201 e. The molecule has 1 nitrogen and oxygen atoms in total. The normalized spacial score (nSPS) is 19.6. The highest BCUT2D eigenvalue weighted by Crippen LogP contribution is 2.43. The van der Waals surface area contributed by atoms with Crippen LogP contribution in [0.5, 0.6) is 0 Å². The van der Waals surface area contributed by atoms with Gasteiger partial charge in [0.15, 0.2) is 6.20 Å². The molecule has 5 rings (SSSR count). The van der Waals surface area contributed by atoms with Crippen LogP contribution in [-0.2, 0) is 13.5 Å². The summed E-state index contributed by atoms with van der Waals surface area (Å²) in [6, 6.07) is 14.9. The molecule has 1 heterocycles. The van der Waals surface area contributed by atoms with Gasteiger partial charge in [-0.2, -0.15) is 0 Å². The summed E-state index contributed by atoms with van der Waals surface area (Å²) in [4.78, 5) is 0. The topological polar surface area (TPSA) is 3.88 Å². The lowest BCUT2D eigenvalue weighted by Gasteiger charge is -2.16. The van der Waals surface area contributed by atoms with E-state index in [0.29, 0.717) is 11.1 Å². The van der Waals surface area contributed by atoms with Crippen molar-refractivity contribution in [2.45, 2.75) is 51.8 Å². The molecule has 1 heteroatoms. The lowest BCUT2D eigenvalue weighted by Crippen LogP contribution is -2.32. The average molecular weight is 359 g/mol. The zero-order valence-corrected chi connectivity index (χ0v) is 16.1. The van der Waals surface area contributed by atoms with Crippen LogP contribution in [0.15, 0.2) is 48.7 Å². The Labute approximate surface area is 168 Å². The Balaban J connectivity index is 1.76. The van der Waals surface area contributed by atoms with Crippen molar-refractivity contribution in [2.24, 2.45) is 7.05 Å². The van der Waals surface area contributed by atoms with Gasteiger partial charge in [0.2, 0.25) is 5.69 Å². The summed E-state index contributed by atoms with van der Waals surface area (Å²) < 4.78 is 35.5. The van der Waals surface area contributed by atoms with Gasteiger partial charge in [-0.25, -0.2) is 4.57 Å². The molecule has 27 heavy (non-hydrogen) atoms. The van der Waals surface area contributed by atoms with Crippen molar-refractivity contribution in [3.63, 3.8) is 0 Å². The lowest BCUT2D eigenvalue weighted by atomic mass is 9.89. The maximum Gasteiger partial charge on any atom is 0.213 e. The molecule has 2 aromatic carbocycles. The van der Waals surface area contributed by atoms with E-state index in [-0.39, 0.29) is 0 Å². The van der Waals surface area contributed by atoms with Crippen LogP contribution in [-0.4, -0.2) is 0 Å². The van der Waals surface area contributed by atoms with E-state index < -0.39 is 12.7 Å². The zero-order chi connectivity index (χ0) is 22.0. The van der Waals surface area contributed by atoms with E-state index in [1.54, 1.807) is 6.20 Å². The second-order valence-corrected chi connectivity index (χ2v) is 8.03. The molecular formula is C26H28N+. The highest BCUT2D eigenvalue weighted by atomic mass is 14.9. The van der Waals surface area contributed by atoms with Gasteiger partial charge in [0.05, 0.1) is 5.56 Å². The zero-order valence-electron chi connectivity index (χ0n) is 20.1. The third kappa shape index (κ3) is 2.64. The van der Waals surface area contributed by atoms with E-state index in [2.05, 4.69) is 43.3 Å². The van der Waals surface area contributed by atoms with Gasteiger partial charge in [0.1, 0.15) is 7.05 Å².